The second-order valence-corrected chi connectivity index (χ2v) is 1.06. The lowest BCUT2D eigenvalue weighted by molar-refractivity contribution is 0.257. The highest BCUT2D eigenvalue weighted by molar-refractivity contribution is 5.88. The van der Waals surface area contributed by atoms with Crippen molar-refractivity contribution >= 4 is 18.5 Å². The van der Waals surface area contributed by atoms with E-state index in [1.54, 1.807) is 13.8 Å². The Kier molecular flexibility index (Phi) is 8.49. The molecule has 9 heavy (non-hydrogen) atoms. The standard InChI is InChI=1S/C5H8N2O.CH4/c1-3-6-5(8)7-4-2;/h3-4H,1-2H3;1H4. The summed E-state index contributed by atoms with van der Waals surface area (Å²) in [4.78, 5) is 17.0. The van der Waals surface area contributed by atoms with Crippen LogP contribution < -0.4 is 0 Å². The first-order chi connectivity index (χ1) is 3.81. The summed E-state index contributed by atoms with van der Waals surface area (Å²) in [5, 5.41) is 0. The van der Waals surface area contributed by atoms with Gasteiger partial charge in [0.05, 0.1) is 0 Å². The summed E-state index contributed by atoms with van der Waals surface area (Å²) in [6.45, 7) is 3.34. The molecular formula is C6H12N2O. The van der Waals surface area contributed by atoms with Gasteiger partial charge < -0.3 is 0 Å². The van der Waals surface area contributed by atoms with Gasteiger partial charge in [-0.3, -0.25) is 0 Å². The second-order valence-electron chi connectivity index (χ2n) is 1.06. The highest BCUT2D eigenvalue weighted by atomic mass is 16.2. The normalized spacial score (nSPS) is 10.0. The lowest BCUT2D eigenvalue weighted by Crippen LogP contribution is -1.82. The van der Waals surface area contributed by atoms with Crippen molar-refractivity contribution in [1.82, 2.24) is 0 Å². The molecule has 0 aliphatic heterocycles. The smallest absolute Gasteiger partial charge is 0.244 e. The Morgan fingerprint density at radius 3 is 1.78 bits per heavy atom. The molecule has 0 saturated heterocycles. The molecule has 0 saturated carbocycles. The minimum Gasteiger partial charge on any atom is -0.244 e. The molecule has 2 amide bonds. The quantitative estimate of drug-likeness (QED) is 0.459. The summed E-state index contributed by atoms with van der Waals surface area (Å²) in [5.74, 6) is 0. The molecule has 0 rings (SSSR count). The van der Waals surface area contributed by atoms with Gasteiger partial charge in [0, 0.05) is 12.4 Å². The zero-order valence-electron chi connectivity index (χ0n) is 4.96. The number of urea groups is 1. The van der Waals surface area contributed by atoms with E-state index in [9.17, 15) is 4.79 Å². The van der Waals surface area contributed by atoms with Crippen LogP contribution in [0.15, 0.2) is 9.98 Å². The molecule has 0 N–H and O–H groups in total. The number of nitrogens with zero attached hydrogens (tertiary/aromatic N) is 2. The van der Waals surface area contributed by atoms with Gasteiger partial charge >= 0.3 is 6.03 Å². The van der Waals surface area contributed by atoms with Crippen LogP contribution in [0.1, 0.15) is 21.3 Å². The number of rotatable bonds is 0. The van der Waals surface area contributed by atoms with Crippen LogP contribution in [0, 0.1) is 0 Å². The maximum absolute atomic E-state index is 10.2. The molecule has 0 aromatic carbocycles. The van der Waals surface area contributed by atoms with E-state index >= 15 is 0 Å². The van der Waals surface area contributed by atoms with Crippen LogP contribution in [0.2, 0.25) is 0 Å². The van der Waals surface area contributed by atoms with Crippen LogP contribution in [-0.2, 0) is 0 Å². The third kappa shape index (κ3) is 7.01. The van der Waals surface area contributed by atoms with Crippen LogP contribution in [0.4, 0.5) is 4.79 Å². The van der Waals surface area contributed by atoms with E-state index < -0.39 is 6.03 Å². The Labute approximate surface area is 55.5 Å². The van der Waals surface area contributed by atoms with E-state index in [4.69, 9.17) is 0 Å². The van der Waals surface area contributed by atoms with E-state index in [0.717, 1.165) is 0 Å². The number of carbonyl (C=O) groups excluding carboxylic acids is 1. The molecule has 0 bridgehead atoms. The average molecular weight is 128 g/mol. The van der Waals surface area contributed by atoms with Crippen LogP contribution in [0.5, 0.6) is 0 Å². The number of carbonyl (C=O) groups is 1. The predicted molar refractivity (Wildman–Crippen MR) is 40.5 cm³/mol. The first-order valence-corrected chi connectivity index (χ1v) is 2.32. The van der Waals surface area contributed by atoms with E-state index in [0.29, 0.717) is 0 Å². The van der Waals surface area contributed by atoms with Gasteiger partial charge in [0.2, 0.25) is 0 Å². The topological polar surface area (TPSA) is 41.8 Å². The maximum Gasteiger partial charge on any atom is 0.366 e. The Balaban J connectivity index is 0. The van der Waals surface area contributed by atoms with E-state index in [-0.39, 0.29) is 7.43 Å². The van der Waals surface area contributed by atoms with Crippen molar-refractivity contribution in [2.24, 2.45) is 9.98 Å². The van der Waals surface area contributed by atoms with Crippen molar-refractivity contribution in [3.05, 3.63) is 0 Å². The summed E-state index contributed by atoms with van der Waals surface area (Å²) in [6.07, 6.45) is 2.82. The Morgan fingerprint density at radius 1 is 1.22 bits per heavy atom. The minimum atomic E-state index is -0.449. The van der Waals surface area contributed by atoms with Crippen molar-refractivity contribution < 1.29 is 4.79 Å². The molecule has 0 aliphatic carbocycles. The highest BCUT2D eigenvalue weighted by Gasteiger charge is 1.83. The lowest BCUT2D eigenvalue weighted by Gasteiger charge is -1.75. The van der Waals surface area contributed by atoms with E-state index in [1.165, 1.54) is 12.4 Å². The molecule has 0 spiro atoms. The van der Waals surface area contributed by atoms with Gasteiger partial charge in [-0.25, -0.2) is 14.8 Å². The van der Waals surface area contributed by atoms with Gasteiger partial charge in [-0.1, -0.05) is 7.43 Å². The van der Waals surface area contributed by atoms with Gasteiger partial charge in [-0.15, -0.1) is 0 Å². The average Bonchev–Trinajstić information content (AvgIpc) is 1.68. The van der Waals surface area contributed by atoms with Gasteiger partial charge in [0.1, 0.15) is 0 Å². The third-order valence-electron chi connectivity index (χ3n) is 0.479. The Morgan fingerprint density at radius 2 is 1.56 bits per heavy atom. The minimum absolute atomic E-state index is 0. The monoisotopic (exact) mass is 128 g/mol. The summed E-state index contributed by atoms with van der Waals surface area (Å²) < 4.78 is 0. The van der Waals surface area contributed by atoms with Gasteiger partial charge in [-0.05, 0) is 13.8 Å². The second kappa shape index (κ2) is 7.01. The van der Waals surface area contributed by atoms with Gasteiger partial charge in [-0.2, -0.15) is 0 Å². The molecule has 0 fully saturated rings. The Bertz CT molecular complexity index is 113. The number of aliphatic imine (C=N–C) groups is 2. The maximum atomic E-state index is 10.2. The number of hydrogen-bond acceptors (Lipinski definition) is 1. The van der Waals surface area contributed by atoms with Crippen LogP contribution in [-0.4, -0.2) is 18.5 Å². The SMILES string of the molecule is C.CC=NC(=O)N=CC. The molecule has 0 atom stereocenters. The van der Waals surface area contributed by atoms with Crippen molar-refractivity contribution in [1.29, 1.82) is 0 Å². The largest absolute Gasteiger partial charge is 0.366 e. The summed E-state index contributed by atoms with van der Waals surface area (Å²) in [5.41, 5.74) is 0. The molecule has 52 valence electrons. The van der Waals surface area contributed by atoms with Crippen molar-refractivity contribution in [3.63, 3.8) is 0 Å². The van der Waals surface area contributed by atoms with Gasteiger partial charge in [0.25, 0.3) is 0 Å². The summed E-state index contributed by atoms with van der Waals surface area (Å²) in [7, 11) is 0. The van der Waals surface area contributed by atoms with E-state index in [2.05, 4.69) is 9.98 Å². The molecule has 0 radical (unpaired) electrons. The van der Waals surface area contributed by atoms with Crippen molar-refractivity contribution in [2.45, 2.75) is 21.3 Å². The van der Waals surface area contributed by atoms with Crippen LogP contribution in [0.3, 0.4) is 0 Å². The zero-order chi connectivity index (χ0) is 6.41. The molecular weight excluding hydrogens is 116 g/mol. The first-order valence-electron chi connectivity index (χ1n) is 2.32. The molecule has 3 heteroatoms. The van der Waals surface area contributed by atoms with Crippen LogP contribution >= 0.6 is 0 Å². The summed E-state index contributed by atoms with van der Waals surface area (Å²) >= 11 is 0. The Hall–Kier alpha value is -0.990. The van der Waals surface area contributed by atoms with Crippen molar-refractivity contribution in [3.8, 4) is 0 Å². The van der Waals surface area contributed by atoms with Crippen molar-refractivity contribution in [2.75, 3.05) is 0 Å². The molecule has 0 unspecified atom stereocenters. The molecule has 0 aromatic rings. The highest BCUT2D eigenvalue weighted by Crippen LogP contribution is 1.76. The fraction of sp³-hybridized carbons (Fsp3) is 0.500. The lowest BCUT2D eigenvalue weighted by atomic mass is 10.8. The van der Waals surface area contributed by atoms with Gasteiger partial charge in [0.15, 0.2) is 0 Å². The molecule has 3 nitrogen and oxygen atoms in total. The third-order valence-corrected chi connectivity index (χ3v) is 0.479. The zero-order valence-corrected chi connectivity index (χ0v) is 4.96. The fourth-order valence-corrected chi connectivity index (χ4v) is 0.254. The van der Waals surface area contributed by atoms with E-state index in [1.807, 2.05) is 0 Å². The molecule has 0 aliphatic rings. The molecule has 0 aromatic heterocycles. The number of hydrogen-bond donors (Lipinski definition) is 0. The fourth-order valence-electron chi connectivity index (χ4n) is 0.254. The summed E-state index contributed by atoms with van der Waals surface area (Å²) in [6, 6.07) is -0.449. The first kappa shape index (κ1) is 10.9. The number of amides is 2. The molecule has 0 heterocycles. The predicted octanol–water partition coefficient (Wildman–Crippen LogP) is 1.92. The van der Waals surface area contributed by atoms with Crippen LogP contribution in [0.25, 0.3) is 0 Å².